The topological polar surface area (TPSA) is 30.7 Å². The molecule has 0 amide bonds. The molecule has 0 N–H and O–H groups in total. The van der Waals surface area contributed by atoms with Crippen molar-refractivity contribution < 1.29 is 0 Å². The van der Waals surface area contributed by atoms with E-state index in [9.17, 15) is 0 Å². The Morgan fingerprint density at radius 3 is 1.62 bits per heavy atom. The van der Waals surface area contributed by atoms with E-state index in [0.717, 1.165) is 0 Å². The molecule has 0 unspecified atom stereocenters. The molecule has 0 saturated heterocycles. The summed E-state index contributed by atoms with van der Waals surface area (Å²) in [5, 5.41) is 7.07. The molecule has 0 spiro atoms. The van der Waals surface area contributed by atoms with Crippen LogP contribution >= 0.6 is 0 Å². The number of aromatic nitrogens is 3. The quantitative estimate of drug-likeness (QED) is 0.499. The Bertz CT molecular complexity index is 111. The van der Waals surface area contributed by atoms with E-state index in [1.54, 1.807) is 17.2 Å². The molecule has 0 aliphatic heterocycles. The lowest BCUT2D eigenvalue weighted by Gasteiger charge is -1.74. The molecule has 3 nitrogen and oxygen atoms in total. The summed E-state index contributed by atoms with van der Waals surface area (Å²) in [6, 6.07) is 0. The van der Waals surface area contributed by atoms with Gasteiger partial charge in [-0.3, -0.25) is 0 Å². The van der Waals surface area contributed by atoms with E-state index < -0.39 is 0 Å². The van der Waals surface area contributed by atoms with Crippen molar-refractivity contribution in [1.82, 2.24) is 14.8 Å². The molecular weight excluding hydrogens is 102 g/mol. The van der Waals surface area contributed by atoms with Crippen LogP contribution in [-0.2, 0) is 7.05 Å². The number of hydrogen-bond donors (Lipinski definition) is 0. The van der Waals surface area contributed by atoms with Crippen molar-refractivity contribution in [2.24, 2.45) is 7.05 Å². The van der Waals surface area contributed by atoms with Crippen LogP contribution in [0.3, 0.4) is 0 Å². The van der Waals surface area contributed by atoms with E-state index in [0.29, 0.717) is 0 Å². The molecule has 0 aromatic carbocycles. The maximum atomic E-state index is 3.53. The molecule has 0 bridgehead atoms. The lowest BCUT2D eigenvalue weighted by Crippen LogP contribution is -1.76. The van der Waals surface area contributed by atoms with E-state index in [4.69, 9.17) is 0 Å². The molecule has 8 heavy (non-hydrogen) atoms. The second kappa shape index (κ2) is 4.30. The van der Waals surface area contributed by atoms with Gasteiger partial charge in [-0.15, -0.1) is 10.2 Å². The molecule has 1 heterocycles. The Hall–Kier alpha value is -0.860. The standard InChI is InChI=1S/C3H5N3.C2H6/c1-6-2-4-5-3-6;1-2/h2-3H,1H3;1-2H3. The normalized spacial score (nSPS) is 7.38. The fraction of sp³-hybridized carbons (Fsp3) is 0.600. The molecule has 0 fully saturated rings. The van der Waals surface area contributed by atoms with Crippen LogP contribution < -0.4 is 0 Å². The fourth-order valence-corrected chi connectivity index (χ4v) is 0.252. The van der Waals surface area contributed by atoms with Crippen molar-refractivity contribution in [3.8, 4) is 0 Å². The number of rotatable bonds is 0. The van der Waals surface area contributed by atoms with Gasteiger partial charge in [-0.05, 0) is 0 Å². The molecule has 1 rings (SSSR count). The Kier molecular flexibility index (Phi) is 3.84. The molecule has 0 aliphatic rings. The minimum Gasteiger partial charge on any atom is -0.323 e. The molecule has 46 valence electrons. The Labute approximate surface area is 49.4 Å². The summed E-state index contributed by atoms with van der Waals surface area (Å²) < 4.78 is 1.78. The predicted octanol–water partition coefficient (Wildman–Crippen LogP) is 0.841. The number of nitrogens with zero attached hydrogens (tertiary/aromatic N) is 3. The second-order valence-corrected chi connectivity index (χ2v) is 1.13. The molecule has 3 heteroatoms. The maximum Gasteiger partial charge on any atom is 0.119 e. The van der Waals surface area contributed by atoms with Gasteiger partial charge in [-0.1, -0.05) is 13.8 Å². The van der Waals surface area contributed by atoms with Crippen molar-refractivity contribution in [1.29, 1.82) is 0 Å². The van der Waals surface area contributed by atoms with E-state index in [-0.39, 0.29) is 0 Å². The van der Waals surface area contributed by atoms with Crippen molar-refractivity contribution in [2.45, 2.75) is 13.8 Å². The van der Waals surface area contributed by atoms with Gasteiger partial charge >= 0.3 is 0 Å². The SMILES string of the molecule is CC.Cn1cnnc1. The Morgan fingerprint density at radius 2 is 1.50 bits per heavy atom. The molecule has 1 aromatic rings. The first-order chi connectivity index (χ1) is 3.89. The second-order valence-electron chi connectivity index (χ2n) is 1.13. The van der Waals surface area contributed by atoms with Gasteiger partial charge in [0.15, 0.2) is 0 Å². The Balaban J connectivity index is 0.000000222. The van der Waals surface area contributed by atoms with Crippen LogP contribution in [0.25, 0.3) is 0 Å². The summed E-state index contributed by atoms with van der Waals surface area (Å²) in [4.78, 5) is 0. The third kappa shape index (κ3) is 2.34. The van der Waals surface area contributed by atoms with E-state index in [2.05, 4.69) is 10.2 Å². The largest absolute Gasteiger partial charge is 0.323 e. The van der Waals surface area contributed by atoms with E-state index in [1.807, 2.05) is 20.9 Å². The van der Waals surface area contributed by atoms with E-state index in [1.165, 1.54) is 0 Å². The van der Waals surface area contributed by atoms with Gasteiger partial charge in [0.2, 0.25) is 0 Å². The van der Waals surface area contributed by atoms with Crippen LogP contribution in [0.1, 0.15) is 13.8 Å². The highest BCUT2D eigenvalue weighted by molar-refractivity contribution is 4.52. The number of aryl methyl sites for hydroxylation is 1. The van der Waals surface area contributed by atoms with Crippen molar-refractivity contribution >= 4 is 0 Å². The molecular formula is C5H11N3. The lowest BCUT2D eigenvalue weighted by molar-refractivity contribution is 0.910. The molecule has 0 saturated carbocycles. The summed E-state index contributed by atoms with van der Waals surface area (Å²) in [7, 11) is 1.88. The van der Waals surface area contributed by atoms with Crippen LogP contribution in [0.15, 0.2) is 12.7 Å². The highest BCUT2D eigenvalue weighted by atomic mass is 15.2. The predicted molar refractivity (Wildman–Crippen MR) is 32.4 cm³/mol. The van der Waals surface area contributed by atoms with Gasteiger partial charge in [0.25, 0.3) is 0 Å². The van der Waals surface area contributed by atoms with Gasteiger partial charge in [-0.25, -0.2) is 0 Å². The van der Waals surface area contributed by atoms with Gasteiger partial charge in [-0.2, -0.15) is 0 Å². The summed E-state index contributed by atoms with van der Waals surface area (Å²) in [5.74, 6) is 0. The molecule has 0 aliphatic carbocycles. The first kappa shape index (κ1) is 7.14. The first-order valence-corrected chi connectivity index (χ1v) is 2.68. The molecule has 0 radical (unpaired) electrons. The van der Waals surface area contributed by atoms with Crippen molar-refractivity contribution in [2.75, 3.05) is 0 Å². The van der Waals surface area contributed by atoms with Crippen LogP contribution in [-0.4, -0.2) is 14.8 Å². The summed E-state index contributed by atoms with van der Waals surface area (Å²) in [6.45, 7) is 4.00. The average molecular weight is 113 g/mol. The third-order valence-electron chi connectivity index (χ3n) is 0.534. The van der Waals surface area contributed by atoms with Crippen LogP contribution in [0.4, 0.5) is 0 Å². The Morgan fingerprint density at radius 1 is 1.12 bits per heavy atom. The minimum atomic E-state index is 1.64. The van der Waals surface area contributed by atoms with E-state index >= 15 is 0 Å². The summed E-state index contributed by atoms with van der Waals surface area (Å²) in [6.07, 6.45) is 3.28. The van der Waals surface area contributed by atoms with Gasteiger partial charge < -0.3 is 4.57 Å². The minimum absolute atomic E-state index is 1.64. The summed E-state index contributed by atoms with van der Waals surface area (Å²) in [5.41, 5.74) is 0. The first-order valence-electron chi connectivity index (χ1n) is 2.68. The zero-order chi connectivity index (χ0) is 6.41. The summed E-state index contributed by atoms with van der Waals surface area (Å²) >= 11 is 0. The fourth-order valence-electron chi connectivity index (χ4n) is 0.252. The average Bonchev–Trinajstić information content (AvgIpc) is 2.24. The zero-order valence-electron chi connectivity index (χ0n) is 5.50. The monoisotopic (exact) mass is 113 g/mol. The van der Waals surface area contributed by atoms with Gasteiger partial charge in [0.1, 0.15) is 12.7 Å². The number of hydrogen-bond acceptors (Lipinski definition) is 2. The van der Waals surface area contributed by atoms with Crippen LogP contribution in [0.5, 0.6) is 0 Å². The molecule has 1 aromatic heterocycles. The van der Waals surface area contributed by atoms with Crippen LogP contribution in [0, 0.1) is 0 Å². The highest BCUT2D eigenvalue weighted by Crippen LogP contribution is 1.66. The maximum absolute atomic E-state index is 3.53. The molecule has 0 atom stereocenters. The van der Waals surface area contributed by atoms with Gasteiger partial charge in [0, 0.05) is 7.05 Å². The third-order valence-corrected chi connectivity index (χ3v) is 0.534. The lowest BCUT2D eigenvalue weighted by atomic mass is 11.0. The van der Waals surface area contributed by atoms with Crippen molar-refractivity contribution in [3.63, 3.8) is 0 Å². The zero-order valence-corrected chi connectivity index (χ0v) is 5.50. The smallest absolute Gasteiger partial charge is 0.119 e. The van der Waals surface area contributed by atoms with Crippen LogP contribution in [0.2, 0.25) is 0 Å². The van der Waals surface area contributed by atoms with Crippen molar-refractivity contribution in [3.05, 3.63) is 12.7 Å². The highest BCUT2D eigenvalue weighted by Gasteiger charge is 1.70. The van der Waals surface area contributed by atoms with Gasteiger partial charge in [0.05, 0.1) is 0 Å².